The Morgan fingerprint density at radius 2 is 1.70 bits per heavy atom. The van der Waals surface area contributed by atoms with Gasteiger partial charge in [0.2, 0.25) is 0 Å². The van der Waals surface area contributed by atoms with E-state index in [0.717, 1.165) is 22.0 Å². The van der Waals surface area contributed by atoms with Crippen LogP contribution in [-0.4, -0.2) is 4.98 Å². The van der Waals surface area contributed by atoms with Crippen LogP contribution < -0.4 is 5.73 Å². The van der Waals surface area contributed by atoms with Crippen molar-refractivity contribution in [2.24, 2.45) is 5.73 Å². The molecular weight excluding hydrogens is 268 g/mol. The molecule has 100 valence electrons. The van der Waals surface area contributed by atoms with Gasteiger partial charge in [-0.2, -0.15) is 0 Å². The molecule has 0 aliphatic rings. The average molecular weight is 283 g/mol. The Morgan fingerprint density at radius 3 is 2.45 bits per heavy atom. The van der Waals surface area contributed by atoms with Crippen LogP contribution in [0.2, 0.25) is 5.02 Å². The van der Waals surface area contributed by atoms with Crippen molar-refractivity contribution in [2.75, 3.05) is 0 Å². The number of para-hydroxylation sites is 1. The molecule has 0 saturated carbocycles. The lowest BCUT2D eigenvalue weighted by Crippen LogP contribution is -2.34. The Balaban J connectivity index is 2.20. The Kier molecular flexibility index (Phi) is 3.20. The second kappa shape index (κ2) is 4.89. The summed E-state index contributed by atoms with van der Waals surface area (Å²) in [6, 6.07) is 17.7. The van der Waals surface area contributed by atoms with Crippen LogP contribution in [0.25, 0.3) is 10.9 Å². The summed E-state index contributed by atoms with van der Waals surface area (Å²) in [6.45, 7) is 2.00. The third-order valence-electron chi connectivity index (χ3n) is 3.64. The van der Waals surface area contributed by atoms with Crippen LogP contribution in [0.1, 0.15) is 18.1 Å². The van der Waals surface area contributed by atoms with E-state index in [9.17, 15) is 0 Å². The predicted octanol–water partition coefficient (Wildman–Crippen LogP) is 4.11. The van der Waals surface area contributed by atoms with Crippen LogP contribution in [0.4, 0.5) is 0 Å². The second-order valence-electron chi connectivity index (χ2n) is 5.09. The van der Waals surface area contributed by atoms with Crippen molar-refractivity contribution in [3.63, 3.8) is 0 Å². The number of benzene rings is 2. The Labute approximate surface area is 123 Å². The number of halogens is 1. The molecule has 2 N–H and O–H groups in total. The first-order chi connectivity index (χ1) is 9.59. The molecular formula is C17H15ClN2. The third kappa shape index (κ3) is 2.17. The van der Waals surface area contributed by atoms with Crippen molar-refractivity contribution in [1.29, 1.82) is 0 Å². The van der Waals surface area contributed by atoms with Gasteiger partial charge in [-0.1, -0.05) is 48.0 Å². The van der Waals surface area contributed by atoms with Gasteiger partial charge in [-0.05, 0) is 30.7 Å². The van der Waals surface area contributed by atoms with Crippen LogP contribution in [0.15, 0.2) is 60.8 Å². The highest BCUT2D eigenvalue weighted by Crippen LogP contribution is 2.31. The highest BCUT2D eigenvalue weighted by Gasteiger charge is 2.26. The normalized spacial score (nSPS) is 14.2. The first kappa shape index (κ1) is 13.1. The van der Waals surface area contributed by atoms with Crippen LogP contribution in [0.5, 0.6) is 0 Å². The molecule has 0 radical (unpaired) electrons. The quantitative estimate of drug-likeness (QED) is 0.768. The fourth-order valence-corrected chi connectivity index (χ4v) is 2.60. The number of nitrogens with zero attached hydrogens (tertiary/aromatic N) is 1. The summed E-state index contributed by atoms with van der Waals surface area (Å²) in [7, 11) is 0. The van der Waals surface area contributed by atoms with Gasteiger partial charge < -0.3 is 5.73 Å². The first-order valence-corrected chi connectivity index (χ1v) is 6.86. The number of aromatic nitrogens is 1. The van der Waals surface area contributed by atoms with Gasteiger partial charge in [-0.3, -0.25) is 4.98 Å². The number of hydrogen-bond acceptors (Lipinski definition) is 2. The monoisotopic (exact) mass is 282 g/mol. The van der Waals surface area contributed by atoms with Crippen molar-refractivity contribution < 1.29 is 0 Å². The lowest BCUT2D eigenvalue weighted by Gasteiger charge is -2.27. The molecule has 2 aromatic carbocycles. The maximum Gasteiger partial charge on any atom is 0.0755 e. The van der Waals surface area contributed by atoms with Crippen molar-refractivity contribution in [1.82, 2.24) is 4.98 Å². The van der Waals surface area contributed by atoms with Gasteiger partial charge >= 0.3 is 0 Å². The molecule has 1 heterocycles. The summed E-state index contributed by atoms with van der Waals surface area (Å²) in [5, 5.41) is 1.80. The molecule has 1 unspecified atom stereocenters. The highest BCUT2D eigenvalue weighted by atomic mass is 35.5. The van der Waals surface area contributed by atoms with E-state index < -0.39 is 5.54 Å². The maximum absolute atomic E-state index is 6.59. The van der Waals surface area contributed by atoms with Crippen molar-refractivity contribution in [2.45, 2.75) is 12.5 Å². The Hall–Kier alpha value is -1.90. The van der Waals surface area contributed by atoms with Gasteiger partial charge in [-0.15, -0.1) is 0 Å². The maximum atomic E-state index is 6.59. The molecule has 20 heavy (non-hydrogen) atoms. The van der Waals surface area contributed by atoms with Crippen LogP contribution in [0, 0.1) is 0 Å². The van der Waals surface area contributed by atoms with Crippen LogP contribution in [0.3, 0.4) is 0 Å². The van der Waals surface area contributed by atoms with Crippen LogP contribution >= 0.6 is 11.6 Å². The molecule has 0 spiro atoms. The average Bonchev–Trinajstić information content (AvgIpc) is 2.47. The second-order valence-corrected chi connectivity index (χ2v) is 5.53. The summed E-state index contributed by atoms with van der Waals surface area (Å²) in [6.07, 6.45) is 1.80. The van der Waals surface area contributed by atoms with E-state index in [0.29, 0.717) is 5.02 Å². The summed E-state index contributed by atoms with van der Waals surface area (Å²) < 4.78 is 0. The molecule has 0 aliphatic heterocycles. The zero-order valence-corrected chi connectivity index (χ0v) is 11.9. The van der Waals surface area contributed by atoms with E-state index in [2.05, 4.69) is 4.98 Å². The lowest BCUT2D eigenvalue weighted by molar-refractivity contribution is 0.607. The van der Waals surface area contributed by atoms with E-state index in [1.807, 2.05) is 61.5 Å². The fourth-order valence-electron chi connectivity index (χ4n) is 2.47. The predicted molar refractivity (Wildman–Crippen MR) is 83.8 cm³/mol. The van der Waals surface area contributed by atoms with Crippen molar-refractivity contribution in [3.8, 4) is 0 Å². The molecule has 0 fully saturated rings. The van der Waals surface area contributed by atoms with Crippen molar-refractivity contribution in [3.05, 3.63) is 76.9 Å². The summed E-state index contributed by atoms with van der Waals surface area (Å²) in [5.74, 6) is 0. The standard InChI is InChI=1S/C17H15ClN2/c1-17(19,13-7-9-14(18)10-8-13)15-6-2-4-12-5-3-11-20-16(12)15/h2-11H,19H2,1H3. The number of nitrogens with two attached hydrogens (primary N) is 1. The first-order valence-electron chi connectivity index (χ1n) is 6.48. The number of rotatable bonds is 2. The highest BCUT2D eigenvalue weighted by molar-refractivity contribution is 6.30. The van der Waals surface area contributed by atoms with Gasteiger partial charge in [0.25, 0.3) is 0 Å². The molecule has 0 amide bonds. The molecule has 1 atom stereocenters. The molecule has 3 rings (SSSR count). The van der Waals surface area contributed by atoms with Gasteiger partial charge in [0, 0.05) is 22.2 Å². The van der Waals surface area contributed by atoms with Crippen molar-refractivity contribution >= 4 is 22.5 Å². The smallest absolute Gasteiger partial charge is 0.0755 e. The summed E-state index contributed by atoms with van der Waals surface area (Å²) in [5.41, 5.74) is 8.95. The minimum atomic E-state index is -0.613. The summed E-state index contributed by atoms with van der Waals surface area (Å²) >= 11 is 5.95. The van der Waals surface area contributed by atoms with Gasteiger partial charge in [0.1, 0.15) is 0 Å². The van der Waals surface area contributed by atoms with E-state index >= 15 is 0 Å². The van der Waals surface area contributed by atoms with E-state index in [4.69, 9.17) is 17.3 Å². The molecule has 0 saturated heterocycles. The molecule has 3 aromatic rings. The zero-order valence-electron chi connectivity index (χ0n) is 11.2. The SMILES string of the molecule is CC(N)(c1ccc(Cl)cc1)c1cccc2cccnc12. The van der Waals surface area contributed by atoms with E-state index in [1.54, 1.807) is 6.20 Å². The van der Waals surface area contributed by atoms with Gasteiger partial charge in [0.05, 0.1) is 11.1 Å². The number of pyridine rings is 1. The lowest BCUT2D eigenvalue weighted by atomic mass is 9.84. The minimum Gasteiger partial charge on any atom is -0.318 e. The molecule has 3 heteroatoms. The molecule has 1 aromatic heterocycles. The minimum absolute atomic E-state index is 0.613. The Morgan fingerprint density at radius 1 is 1.00 bits per heavy atom. The van der Waals surface area contributed by atoms with E-state index in [1.165, 1.54) is 0 Å². The number of hydrogen-bond donors (Lipinski definition) is 1. The third-order valence-corrected chi connectivity index (χ3v) is 3.89. The van der Waals surface area contributed by atoms with Crippen LogP contribution in [-0.2, 0) is 5.54 Å². The van der Waals surface area contributed by atoms with Gasteiger partial charge in [0.15, 0.2) is 0 Å². The largest absolute Gasteiger partial charge is 0.318 e. The molecule has 0 aliphatic carbocycles. The number of fused-ring (bicyclic) bond motifs is 1. The zero-order chi connectivity index (χ0) is 14.2. The summed E-state index contributed by atoms with van der Waals surface area (Å²) in [4.78, 5) is 4.48. The molecule has 2 nitrogen and oxygen atoms in total. The van der Waals surface area contributed by atoms with E-state index in [-0.39, 0.29) is 0 Å². The fraction of sp³-hybridized carbons (Fsp3) is 0.118. The molecule has 0 bridgehead atoms. The van der Waals surface area contributed by atoms with Gasteiger partial charge in [-0.25, -0.2) is 0 Å². The Bertz CT molecular complexity index is 743. The topological polar surface area (TPSA) is 38.9 Å².